The van der Waals surface area contributed by atoms with Crippen LogP contribution >= 0.6 is 0 Å². The Balaban J connectivity index is -0.0000000995. The number of hydrogen-bond donors (Lipinski definition) is 0. The van der Waals surface area contributed by atoms with Crippen LogP contribution in [0.3, 0.4) is 0 Å². The van der Waals surface area contributed by atoms with Crippen molar-refractivity contribution in [2.24, 2.45) is 0 Å². The third kappa shape index (κ3) is 57.3. The Morgan fingerprint density at radius 3 is 0.889 bits per heavy atom. The fraction of sp³-hybridized carbons (Fsp3) is 0.333. The van der Waals surface area contributed by atoms with Gasteiger partial charge in [-0.25, -0.2) is 36.4 Å². The van der Waals surface area contributed by atoms with Gasteiger partial charge in [0.25, 0.3) is 0 Å². The van der Waals surface area contributed by atoms with E-state index in [9.17, 15) is 0 Å². The van der Waals surface area contributed by atoms with Gasteiger partial charge in [0.15, 0.2) is 0 Å². The summed E-state index contributed by atoms with van der Waals surface area (Å²) in [5.74, 6) is 0. The van der Waals surface area contributed by atoms with E-state index in [4.69, 9.17) is 28.8 Å². The topological polar surface area (TPSA) is 102 Å². The molecule has 258 valence electrons. The van der Waals surface area contributed by atoms with Crippen molar-refractivity contribution in [3.05, 3.63) is 110 Å². The van der Waals surface area contributed by atoms with Gasteiger partial charge >= 0.3 is 99.7 Å². The maximum Gasteiger partial charge on any atom is -0.194 e. The maximum absolute atomic E-state index is 9.02. The molecule has 0 radical (unpaired) electrons. The van der Waals surface area contributed by atoms with Crippen molar-refractivity contribution in [1.29, 1.82) is 0 Å². The largest absolute Gasteiger partial charge is 0.346 e. The second-order valence-corrected chi connectivity index (χ2v) is 8.97. The molecule has 0 heterocycles. The average molecular weight is 744 g/mol. The minimum absolute atomic E-state index is 0.222. The zero-order valence-electron chi connectivity index (χ0n) is 27.3. The molecular formula is C36H48Fe3O6-6. The Hall–Kier alpha value is -2.91. The molecule has 0 aromatic heterocycles. The van der Waals surface area contributed by atoms with Crippen molar-refractivity contribution < 1.29 is 71.0 Å². The molecule has 45 heavy (non-hydrogen) atoms. The molecule has 9 heteroatoms. The molecule has 0 N–H and O–H groups in total. The van der Waals surface area contributed by atoms with Gasteiger partial charge in [-0.1, -0.05) is 59.3 Å². The molecule has 3 aromatic carbocycles. The first-order valence-corrected chi connectivity index (χ1v) is 17.1. The first-order valence-electron chi connectivity index (χ1n) is 13.8. The van der Waals surface area contributed by atoms with Crippen LogP contribution in [0, 0.1) is 20.8 Å². The van der Waals surface area contributed by atoms with Gasteiger partial charge in [0.1, 0.15) is 0 Å². The Morgan fingerprint density at radius 2 is 0.711 bits per heavy atom. The molecule has 0 aliphatic heterocycles. The molecule has 0 saturated carbocycles. The van der Waals surface area contributed by atoms with Crippen LogP contribution in [-0.4, -0.2) is 28.7 Å². The van der Waals surface area contributed by atoms with E-state index in [2.05, 4.69) is 114 Å². The Labute approximate surface area is 288 Å². The molecule has 0 spiro atoms. The summed E-state index contributed by atoms with van der Waals surface area (Å²) in [5.41, 5.74) is 4.38. The van der Waals surface area contributed by atoms with Crippen molar-refractivity contribution in [1.82, 2.24) is 0 Å². The van der Waals surface area contributed by atoms with Gasteiger partial charge in [0.2, 0.25) is 0 Å². The normalized spacial score (nSPS) is 7.13. The minimum atomic E-state index is -0.222. The zero-order valence-corrected chi connectivity index (χ0v) is 30.6. The van der Waals surface area contributed by atoms with Gasteiger partial charge in [0, 0.05) is 0 Å². The molecule has 3 rings (SSSR count). The number of unbranched alkanes of at least 4 members (excludes halogenated alkanes) is 1. The van der Waals surface area contributed by atoms with E-state index in [0.29, 0.717) is 0 Å². The minimum Gasteiger partial charge on any atom is -0.346 e. The van der Waals surface area contributed by atoms with Crippen LogP contribution in [0.25, 0.3) is 0 Å². The third-order valence-corrected chi connectivity index (χ3v) is 4.85. The van der Waals surface area contributed by atoms with Crippen molar-refractivity contribution >= 4 is 28.7 Å². The van der Waals surface area contributed by atoms with Crippen molar-refractivity contribution in [3.8, 4) is 0 Å². The number of hydrogen-bond acceptors (Lipinski definition) is 6. The van der Waals surface area contributed by atoms with E-state index in [-0.39, 0.29) is 42.2 Å². The summed E-state index contributed by atoms with van der Waals surface area (Å²) in [6.07, 6.45) is 7.52. The first kappa shape index (κ1) is 54.6. The van der Waals surface area contributed by atoms with Crippen LogP contribution in [0.4, 0.5) is 0 Å². The Kier molecular flexibility index (Phi) is 73.1. The van der Waals surface area contributed by atoms with Gasteiger partial charge in [-0.3, -0.25) is 0 Å². The van der Waals surface area contributed by atoms with Gasteiger partial charge in [-0.2, -0.15) is 73.9 Å². The summed E-state index contributed by atoms with van der Waals surface area (Å²) in [6, 6.07) is 25.5. The molecule has 6 nitrogen and oxygen atoms in total. The van der Waals surface area contributed by atoms with E-state index >= 15 is 0 Å². The molecular weight excluding hydrogens is 696 g/mol. The fourth-order valence-electron chi connectivity index (χ4n) is 2.52. The summed E-state index contributed by atoms with van der Waals surface area (Å²) in [7, 11) is 0. The van der Waals surface area contributed by atoms with Gasteiger partial charge in [0.05, 0.1) is 0 Å². The molecule has 0 fully saturated rings. The molecule has 0 amide bonds. The predicted octanol–water partition coefficient (Wildman–Crippen LogP) is 7.21. The van der Waals surface area contributed by atoms with E-state index in [1.165, 1.54) is 77.5 Å². The molecule has 0 atom stereocenters. The van der Waals surface area contributed by atoms with Crippen molar-refractivity contribution in [2.45, 2.75) is 80.1 Å². The van der Waals surface area contributed by atoms with E-state index < -0.39 is 0 Å². The third-order valence-electron chi connectivity index (χ3n) is 4.18. The molecule has 3 aromatic rings. The van der Waals surface area contributed by atoms with Crippen LogP contribution in [0.5, 0.6) is 0 Å². The summed E-state index contributed by atoms with van der Waals surface area (Å²) in [5, 5.41) is 0. The summed E-state index contributed by atoms with van der Waals surface area (Å²) in [6.45, 7) is 21.6. The van der Waals surface area contributed by atoms with Crippen LogP contribution < -0.4 is 0 Å². The second kappa shape index (κ2) is 60.3. The number of aryl methyl sites for hydroxylation is 3. The van der Waals surface area contributed by atoms with E-state index in [1.54, 1.807) is 20.8 Å². The standard InChI is InChI=1S/C9H13.C8H11.C7H9.3C2H5.6CO.3Fe/c1-2-3-6-9-7-4-5-8-9;1-2-5-8-6-3-4-7-8;1-2-7-5-3-4-6-7;9*1-2;;;/h4-5,7-8H,2-3,6H2,1H3;3-4,6-7H,2,5H2,1H3;3-6H,2H2,1H3;3*1H2,2H3;;;;;;;;;/q6*-1;;;;;;;;;. The second-order valence-electron chi connectivity index (χ2n) is 6.78. The van der Waals surface area contributed by atoms with Gasteiger partial charge < -0.3 is 20.8 Å². The average Bonchev–Trinajstić information content (AvgIpc) is 3.91. The predicted molar refractivity (Wildman–Crippen MR) is 175 cm³/mol. The van der Waals surface area contributed by atoms with E-state index in [0.717, 1.165) is 6.42 Å². The monoisotopic (exact) mass is 744 g/mol. The molecule has 0 saturated heterocycles. The molecule has 0 aliphatic carbocycles. The maximum atomic E-state index is 9.02. The van der Waals surface area contributed by atoms with Crippen molar-refractivity contribution in [3.63, 3.8) is 0 Å². The fourth-order valence-corrected chi connectivity index (χ4v) is 2.66. The molecule has 0 unspecified atom stereocenters. The first-order chi connectivity index (χ1) is 22.0. The molecule has 0 bridgehead atoms. The van der Waals surface area contributed by atoms with E-state index in [1.807, 2.05) is 0 Å². The van der Waals surface area contributed by atoms with Crippen LogP contribution in [0.1, 0.15) is 77.5 Å². The Morgan fingerprint density at radius 1 is 0.444 bits per heavy atom. The Bertz CT molecular complexity index is 1150. The summed E-state index contributed by atoms with van der Waals surface area (Å²) >= 11 is -0.667. The van der Waals surface area contributed by atoms with Crippen LogP contribution in [0.15, 0.2) is 72.8 Å². The summed E-state index contributed by atoms with van der Waals surface area (Å²) in [4.78, 5) is 62.2. The SMILES string of the molecule is CCCC[c-]1cccc1.CCC[c-]1cccc1.CC[c-]1cccc1.O=[C]=[Fe]=[C]=O.O=[C]=[Fe]=[C]=O.O=[C]=[Fe]=[C]=O.[CH2-]C.[CH2-]C.[CH2-]C. The number of carbonyl (C=O) groups excluding carboxylic acids is 6. The number of rotatable bonds is 6. The van der Waals surface area contributed by atoms with Crippen molar-refractivity contribution in [2.75, 3.05) is 0 Å². The van der Waals surface area contributed by atoms with Crippen LogP contribution in [-0.2, 0) is 90.3 Å². The van der Waals surface area contributed by atoms with Gasteiger partial charge in [-0.15, -0.1) is 0 Å². The summed E-state index contributed by atoms with van der Waals surface area (Å²) < 4.78 is 0. The quantitative estimate of drug-likeness (QED) is 0.196. The van der Waals surface area contributed by atoms with Crippen LogP contribution in [0.2, 0.25) is 0 Å². The smallest absolute Gasteiger partial charge is 0.194 e. The zero-order chi connectivity index (χ0) is 35.8. The van der Waals surface area contributed by atoms with Gasteiger partial charge in [-0.05, 0) is 0 Å². The molecule has 0 aliphatic rings.